The third-order valence-electron chi connectivity index (χ3n) is 4.60. The molecule has 1 aromatic heterocycles. The molecule has 0 aliphatic carbocycles. The molecule has 0 fully saturated rings. The third-order valence-corrected chi connectivity index (χ3v) is 4.60. The predicted molar refractivity (Wildman–Crippen MR) is 106 cm³/mol. The smallest absolute Gasteiger partial charge is 0.338 e. The van der Waals surface area contributed by atoms with E-state index in [1.165, 1.54) is 7.11 Å². The van der Waals surface area contributed by atoms with Crippen LogP contribution in [0.3, 0.4) is 0 Å². The van der Waals surface area contributed by atoms with Gasteiger partial charge in [-0.05, 0) is 44.2 Å². The van der Waals surface area contributed by atoms with E-state index < -0.39 is 5.97 Å². The molecule has 0 unspecified atom stereocenters. The highest BCUT2D eigenvalue weighted by atomic mass is 16.5. The molecular formula is C21H26N2O5. The molecule has 1 heterocycles. The van der Waals surface area contributed by atoms with E-state index in [0.29, 0.717) is 17.7 Å². The van der Waals surface area contributed by atoms with Gasteiger partial charge in [0, 0.05) is 43.3 Å². The Kier molecular flexibility index (Phi) is 6.98. The second-order valence-corrected chi connectivity index (χ2v) is 6.70. The number of Topliss-reactive ketones (excluding diaryl/α,β-unsaturated/α-hetero) is 1. The number of aromatic nitrogens is 1. The van der Waals surface area contributed by atoms with Gasteiger partial charge in [0.15, 0.2) is 6.61 Å². The molecular weight excluding hydrogens is 360 g/mol. The highest BCUT2D eigenvalue weighted by Crippen LogP contribution is 2.17. The summed E-state index contributed by atoms with van der Waals surface area (Å²) in [5, 5.41) is 0. The van der Waals surface area contributed by atoms with Gasteiger partial charge in [-0.25, -0.2) is 4.79 Å². The van der Waals surface area contributed by atoms with Gasteiger partial charge in [-0.2, -0.15) is 0 Å². The van der Waals surface area contributed by atoms with E-state index in [1.54, 1.807) is 25.1 Å². The van der Waals surface area contributed by atoms with Crippen molar-refractivity contribution in [3.8, 4) is 0 Å². The summed E-state index contributed by atoms with van der Waals surface area (Å²) >= 11 is 0. The fourth-order valence-corrected chi connectivity index (χ4v) is 2.92. The molecule has 0 amide bonds. The number of hydrogen-bond acceptors (Lipinski definition) is 6. The number of methoxy groups -OCH3 is 1. The van der Waals surface area contributed by atoms with Crippen LogP contribution < -0.4 is 4.90 Å². The van der Waals surface area contributed by atoms with Gasteiger partial charge in [-0.3, -0.25) is 9.59 Å². The number of ether oxygens (including phenoxy) is 2. The van der Waals surface area contributed by atoms with Crippen molar-refractivity contribution in [1.29, 1.82) is 0 Å². The zero-order chi connectivity index (χ0) is 20.8. The Hall–Kier alpha value is -3.09. The Bertz CT molecular complexity index is 866. The van der Waals surface area contributed by atoms with Crippen molar-refractivity contribution in [2.24, 2.45) is 0 Å². The highest BCUT2D eigenvalue weighted by molar-refractivity contribution is 6.00. The number of rotatable bonds is 8. The molecule has 0 saturated carbocycles. The number of carbonyl (C=O) groups is 3. The van der Waals surface area contributed by atoms with Gasteiger partial charge in [0.25, 0.3) is 0 Å². The Morgan fingerprint density at radius 1 is 1.07 bits per heavy atom. The molecule has 7 nitrogen and oxygen atoms in total. The van der Waals surface area contributed by atoms with Crippen LogP contribution in [0.15, 0.2) is 30.3 Å². The molecule has 0 aliphatic heterocycles. The molecule has 0 bridgehead atoms. The van der Waals surface area contributed by atoms with E-state index in [1.807, 2.05) is 42.6 Å². The van der Waals surface area contributed by atoms with Gasteiger partial charge in [-0.1, -0.05) is 0 Å². The van der Waals surface area contributed by atoms with Gasteiger partial charge in [0.1, 0.15) is 0 Å². The molecule has 2 aromatic rings. The van der Waals surface area contributed by atoms with Crippen LogP contribution in [-0.2, 0) is 20.8 Å². The van der Waals surface area contributed by atoms with Crippen molar-refractivity contribution >= 4 is 23.4 Å². The van der Waals surface area contributed by atoms with Gasteiger partial charge in [-0.15, -0.1) is 0 Å². The topological polar surface area (TPSA) is 77.8 Å². The molecule has 7 heteroatoms. The summed E-state index contributed by atoms with van der Waals surface area (Å²) in [7, 11) is 5.16. The molecule has 1 aromatic carbocycles. The minimum atomic E-state index is -0.543. The first-order chi connectivity index (χ1) is 13.2. The summed E-state index contributed by atoms with van der Waals surface area (Å²) in [6.45, 7) is 3.75. The lowest BCUT2D eigenvalue weighted by molar-refractivity contribution is -0.140. The summed E-state index contributed by atoms with van der Waals surface area (Å²) < 4.78 is 11.7. The number of hydrogen-bond donors (Lipinski definition) is 0. The van der Waals surface area contributed by atoms with E-state index in [2.05, 4.69) is 4.74 Å². The van der Waals surface area contributed by atoms with Crippen molar-refractivity contribution in [3.63, 3.8) is 0 Å². The first-order valence-corrected chi connectivity index (χ1v) is 8.95. The number of carbonyl (C=O) groups excluding carboxylic acids is 3. The number of anilines is 1. The van der Waals surface area contributed by atoms with Gasteiger partial charge >= 0.3 is 11.9 Å². The van der Waals surface area contributed by atoms with Crippen molar-refractivity contribution in [2.45, 2.75) is 26.8 Å². The van der Waals surface area contributed by atoms with Gasteiger partial charge < -0.3 is 18.9 Å². The van der Waals surface area contributed by atoms with Crippen molar-refractivity contribution in [2.75, 3.05) is 32.7 Å². The third kappa shape index (κ3) is 5.00. The second kappa shape index (κ2) is 9.21. The quantitative estimate of drug-likeness (QED) is 0.513. The van der Waals surface area contributed by atoms with Crippen LogP contribution in [0.1, 0.15) is 38.5 Å². The van der Waals surface area contributed by atoms with E-state index in [-0.39, 0.29) is 24.8 Å². The van der Waals surface area contributed by atoms with Crippen LogP contribution in [0.4, 0.5) is 5.69 Å². The van der Waals surface area contributed by atoms with E-state index >= 15 is 0 Å². The lowest BCUT2D eigenvalue weighted by Gasteiger charge is -2.12. The molecule has 0 radical (unpaired) electrons. The first-order valence-electron chi connectivity index (χ1n) is 8.95. The number of esters is 2. The van der Waals surface area contributed by atoms with Crippen LogP contribution in [0.2, 0.25) is 0 Å². The molecule has 0 aliphatic rings. The highest BCUT2D eigenvalue weighted by Gasteiger charge is 2.18. The van der Waals surface area contributed by atoms with Crippen LogP contribution in [0.5, 0.6) is 0 Å². The molecule has 0 spiro atoms. The van der Waals surface area contributed by atoms with Gasteiger partial charge in [0.05, 0.1) is 19.1 Å². The number of ketones is 1. The predicted octanol–water partition coefficient (Wildman–Crippen LogP) is 2.77. The van der Waals surface area contributed by atoms with E-state index in [4.69, 9.17) is 4.74 Å². The zero-order valence-electron chi connectivity index (χ0n) is 16.9. The summed E-state index contributed by atoms with van der Waals surface area (Å²) in [5.74, 6) is -1.14. The summed E-state index contributed by atoms with van der Waals surface area (Å²) in [6, 6.07) is 8.71. The molecule has 0 N–H and O–H groups in total. The summed E-state index contributed by atoms with van der Waals surface area (Å²) in [5.41, 5.74) is 3.43. The Morgan fingerprint density at radius 3 is 2.29 bits per heavy atom. The first kappa shape index (κ1) is 21.2. The maximum absolute atomic E-state index is 12.5. The van der Waals surface area contributed by atoms with Crippen LogP contribution in [-0.4, -0.2) is 50.1 Å². The van der Waals surface area contributed by atoms with Crippen LogP contribution in [0.25, 0.3) is 0 Å². The fraction of sp³-hybridized carbons (Fsp3) is 0.381. The summed E-state index contributed by atoms with van der Waals surface area (Å²) in [6.07, 6.45) is 0.221. The van der Waals surface area contributed by atoms with Crippen molar-refractivity contribution in [3.05, 3.63) is 52.8 Å². The molecule has 2 rings (SSSR count). The van der Waals surface area contributed by atoms with Crippen molar-refractivity contribution < 1.29 is 23.9 Å². The number of benzene rings is 1. The maximum Gasteiger partial charge on any atom is 0.338 e. The molecule has 28 heavy (non-hydrogen) atoms. The lowest BCUT2D eigenvalue weighted by atomic mass is 10.1. The van der Waals surface area contributed by atoms with Crippen LogP contribution >= 0.6 is 0 Å². The second-order valence-electron chi connectivity index (χ2n) is 6.70. The molecule has 0 saturated heterocycles. The van der Waals surface area contributed by atoms with Crippen LogP contribution in [0, 0.1) is 13.8 Å². The minimum absolute atomic E-state index is 0.221. The Balaban J connectivity index is 2.01. The van der Waals surface area contributed by atoms with Gasteiger partial charge in [0.2, 0.25) is 5.78 Å². The average molecular weight is 386 g/mol. The molecule has 0 atom stereocenters. The normalized spacial score (nSPS) is 10.5. The lowest BCUT2D eigenvalue weighted by Crippen LogP contribution is -2.16. The zero-order valence-corrected chi connectivity index (χ0v) is 16.9. The van der Waals surface area contributed by atoms with E-state index in [9.17, 15) is 14.4 Å². The maximum atomic E-state index is 12.5. The Labute approximate surface area is 164 Å². The monoisotopic (exact) mass is 386 g/mol. The summed E-state index contributed by atoms with van der Waals surface area (Å²) in [4.78, 5) is 38.0. The average Bonchev–Trinajstić information content (AvgIpc) is 2.97. The number of aryl methyl sites for hydroxylation is 1. The number of nitrogens with zero attached hydrogens (tertiary/aromatic N) is 2. The fourth-order valence-electron chi connectivity index (χ4n) is 2.92. The Morgan fingerprint density at radius 2 is 1.71 bits per heavy atom. The van der Waals surface area contributed by atoms with E-state index in [0.717, 1.165) is 17.1 Å². The largest absolute Gasteiger partial charge is 0.469 e. The SMILES string of the molecule is COC(=O)CCn1c(C)cc(C(=O)COC(=O)c2ccc(N(C)C)cc2)c1C. The minimum Gasteiger partial charge on any atom is -0.469 e. The molecule has 150 valence electrons. The van der Waals surface area contributed by atoms with Crippen molar-refractivity contribution in [1.82, 2.24) is 4.57 Å². The standard InChI is InChI=1S/C21H26N2O5/c1-14-12-18(15(2)23(14)11-10-20(25)27-5)19(24)13-28-21(26)16-6-8-17(9-7-16)22(3)4/h6-9,12H,10-11,13H2,1-5H3.